The lowest BCUT2D eigenvalue weighted by atomic mass is 10.3. The van der Waals surface area contributed by atoms with Crippen LogP contribution < -0.4 is 4.90 Å². The lowest BCUT2D eigenvalue weighted by molar-refractivity contribution is 0.243. The monoisotopic (exact) mass is 246 g/mol. The number of aromatic nitrogens is 3. The van der Waals surface area contributed by atoms with E-state index in [1.165, 1.54) is 16.4 Å². The maximum absolute atomic E-state index is 12.2. The van der Waals surface area contributed by atoms with E-state index in [-0.39, 0.29) is 6.03 Å². The minimum Gasteiger partial charge on any atom is -0.282 e. The van der Waals surface area contributed by atoms with Gasteiger partial charge in [-0.2, -0.15) is 4.68 Å². The van der Waals surface area contributed by atoms with Crippen LogP contribution in [0.25, 0.3) is 0 Å². The van der Waals surface area contributed by atoms with Crippen LogP contribution in [0.15, 0.2) is 35.5 Å². The second kappa shape index (κ2) is 3.89. The van der Waals surface area contributed by atoms with E-state index in [0.29, 0.717) is 16.9 Å². The largest absolute Gasteiger partial charge is 0.352 e. The summed E-state index contributed by atoms with van der Waals surface area (Å²) in [7, 11) is 0. The van der Waals surface area contributed by atoms with E-state index in [1.807, 2.05) is 30.3 Å². The van der Waals surface area contributed by atoms with Gasteiger partial charge >= 0.3 is 6.03 Å². The molecule has 17 heavy (non-hydrogen) atoms. The number of anilines is 1. The SMILES string of the molecule is Cc1nc2n(n1)C(=O)N(c1ccccc1)CS2. The van der Waals surface area contributed by atoms with Crippen molar-refractivity contribution in [3.05, 3.63) is 36.2 Å². The van der Waals surface area contributed by atoms with Crippen LogP contribution in [0.1, 0.15) is 5.82 Å². The van der Waals surface area contributed by atoms with E-state index in [2.05, 4.69) is 10.1 Å². The first-order valence-corrected chi connectivity index (χ1v) is 6.17. The van der Waals surface area contributed by atoms with Crippen molar-refractivity contribution >= 4 is 23.5 Å². The zero-order valence-electron chi connectivity index (χ0n) is 9.20. The van der Waals surface area contributed by atoms with Crippen LogP contribution in [0, 0.1) is 6.92 Å². The van der Waals surface area contributed by atoms with Gasteiger partial charge in [0, 0.05) is 5.69 Å². The molecule has 86 valence electrons. The fourth-order valence-electron chi connectivity index (χ4n) is 1.70. The van der Waals surface area contributed by atoms with Crippen LogP contribution in [-0.2, 0) is 0 Å². The Balaban J connectivity index is 2.00. The molecule has 0 saturated heterocycles. The number of hydrogen-bond acceptors (Lipinski definition) is 4. The molecule has 3 rings (SSSR count). The van der Waals surface area contributed by atoms with Crippen LogP contribution in [-0.4, -0.2) is 26.7 Å². The Bertz CT molecular complexity index is 566. The smallest absolute Gasteiger partial charge is 0.282 e. The quantitative estimate of drug-likeness (QED) is 0.773. The molecule has 0 bridgehead atoms. The fraction of sp³-hybridized carbons (Fsp3) is 0.182. The maximum Gasteiger partial charge on any atom is 0.352 e. The molecule has 0 unspecified atom stereocenters. The number of amides is 1. The molecule has 0 atom stereocenters. The highest BCUT2D eigenvalue weighted by atomic mass is 32.2. The minimum atomic E-state index is -0.148. The minimum absolute atomic E-state index is 0.148. The van der Waals surface area contributed by atoms with E-state index in [0.717, 1.165) is 5.69 Å². The molecule has 0 saturated carbocycles. The fourth-order valence-corrected chi connectivity index (χ4v) is 2.64. The van der Waals surface area contributed by atoms with Gasteiger partial charge in [-0.3, -0.25) is 4.90 Å². The summed E-state index contributed by atoms with van der Waals surface area (Å²) in [6.07, 6.45) is 0. The van der Waals surface area contributed by atoms with E-state index in [4.69, 9.17) is 0 Å². The predicted molar refractivity (Wildman–Crippen MR) is 65.2 cm³/mol. The van der Waals surface area contributed by atoms with Gasteiger partial charge < -0.3 is 0 Å². The zero-order chi connectivity index (χ0) is 11.8. The molecule has 0 radical (unpaired) electrons. The van der Waals surface area contributed by atoms with Gasteiger partial charge in [0.2, 0.25) is 0 Å². The lowest BCUT2D eigenvalue weighted by Gasteiger charge is -2.25. The summed E-state index contributed by atoms with van der Waals surface area (Å²) >= 11 is 1.51. The molecule has 2 aromatic rings. The van der Waals surface area contributed by atoms with Crippen molar-refractivity contribution in [1.82, 2.24) is 14.8 Å². The van der Waals surface area contributed by atoms with Crippen molar-refractivity contribution in [3.63, 3.8) is 0 Å². The molecule has 0 aliphatic carbocycles. The molecule has 1 aliphatic rings. The van der Waals surface area contributed by atoms with E-state index < -0.39 is 0 Å². The van der Waals surface area contributed by atoms with Gasteiger partial charge in [0.1, 0.15) is 5.82 Å². The summed E-state index contributed by atoms with van der Waals surface area (Å²) < 4.78 is 1.36. The molecule has 2 heterocycles. The average molecular weight is 246 g/mol. The summed E-state index contributed by atoms with van der Waals surface area (Å²) in [5.41, 5.74) is 0.879. The molecular weight excluding hydrogens is 236 g/mol. The third-order valence-electron chi connectivity index (χ3n) is 2.49. The highest BCUT2D eigenvalue weighted by molar-refractivity contribution is 7.99. The Morgan fingerprint density at radius 2 is 2.06 bits per heavy atom. The number of rotatable bonds is 1. The van der Waals surface area contributed by atoms with Gasteiger partial charge in [0.15, 0.2) is 5.16 Å². The second-order valence-electron chi connectivity index (χ2n) is 3.67. The second-order valence-corrected chi connectivity index (χ2v) is 4.59. The molecule has 1 amide bonds. The van der Waals surface area contributed by atoms with Crippen LogP contribution in [0.2, 0.25) is 0 Å². The number of benzene rings is 1. The molecule has 1 aromatic carbocycles. The average Bonchev–Trinajstić information content (AvgIpc) is 2.72. The molecule has 6 heteroatoms. The predicted octanol–water partition coefficient (Wildman–Crippen LogP) is 2.12. The Labute approximate surface area is 102 Å². The highest BCUT2D eigenvalue weighted by Crippen LogP contribution is 2.27. The first-order valence-electron chi connectivity index (χ1n) is 5.19. The topological polar surface area (TPSA) is 51.0 Å². The number of aryl methyl sites for hydroxylation is 1. The van der Waals surface area contributed by atoms with Gasteiger partial charge in [-0.05, 0) is 19.1 Å². The van der Waals surface area contributed by atoms with Gasteiger partial charge in [0.05, 0.1) is 5.88 Å². The number of thioether (sulfide) groups is 1. The van der Waals surface area contributed by atoms with Crippen LogP contribution >= 0.6 is 11.8 Å². The molecule has 1 aliphatic heterocycles. The number of carbonyl (C=O) groups excluding carboxylic acids is 1. The summed E-state index contributed by atoms with van der Waals surface area (Å²) in [6.45, 7) is 1.78. The highest BCUT2D eigenvalue weighted by Gasteiger charge is 2.27. The first-order chi connectivity index (χ1) is 8.25. The molecular formula is C11H10N4OS. The summed E-state index contributed by atoms with van der Waals surface area (Å²) in [5, 5.41) is 4.77. The number of fused-ring (bicyclic) bond motifs is 1. The molecule has 0 spiro atoms. The van der Waals surface area contributed by atoms with Crippen molar-refractivity contribution in [1.29, 1.82) is 0 Å². The number of para-hydroxylation sites is 1. The van der Waals surface area contributed by atoms with E-state index in [9.17, 15) is 4.79 Å². The van der Waals surface area contributed by atoms with Crippen molar-refractivity contribution in [2.45, 2.75) is 12.1 Å². The molecule has 5 nitrogen and oxygen atoms in total. The summed E-state index contributed by atoms with van der Waals surface area (Å²) in [4.78, 5) is 18.1. The van der Waals surface area contributed by atoms with Crippen molar-refractivity contribution in [2.75, 3.05) is 10.8 Å². The van der Waals surface area contributed by atoms with E-state index >= 15 is 0 Å². The lowest BCUT2D eigenvalue weighted by Crippen LogP contribution is -2.38. The molecule has 0 N–H and O–H groups in total. The van der Waals surface area contributed by atoms with Crippen molar-refractivity contribution in [2.24, 2.45) is 0 Å². The Morgan fingerprint density at radius 3 is 2.82 bits per heavy atom. The van der Waals surface area contributed by atoms with E-state index in [1.54, 1.807) is 11.8 Å². The third-order valence-corrected chi connectivity index (χ3v) is 3.40. The van der Waals surface area contributed by atoms with Gasteiger partial charge in [-0.25, -0.2) is 9.78 Å². The van der Waals surface area contributed by atoms with Gasteiger partial charge in [-0.1, -0.05) is 30.0 Å². The Kier molecular flexibility index (Phi) is 2.36. The Hall–Kier alpha value is -1.82. The van der Waals surface area contributed by atoms with Gasteiger partial charge in [0.25, 0.3) is 0 Å². The van der Waals surface area contributed by atoms with Crippen molar-refractivity contribution < 1.29 is 4.79 Å². The van der Waals surface area contributed by atoms with Gasteiger partial charge in [-0.15, -0.1) is 5.10 Å². The molecule has 1 aromatic heterocycles. The maximum atomic E-state index is 12.2. The number of nitrogens with zero attached hydrogens (tertiary/aromatic N) is 4. The third kappa shape index (κ3) is 1.70. The Morgan fingerprint density at radius 1 is 1.29 bits per heavy atom. The van der Waals surface area contributed by atoms with Crippen LogP contribution in [0.4, 0.5) is 10.5 Å². The molecule has 0 fully saturated rings. The van der Waals surface area contributed by atoms with Crippen molar-refractivity contribution in [3.8, 4) is 0 Å². The number of hydrogen-bond donors (Lipinski definition) is 0. The summed E-state index contributed by atoms with van der Waals surface area (Å²) in [6, 6.07) is 9.42. The number of carbonyl (C=O) groups is 1. The standard InChI is InChI=1S/C11H10N4OS/c1-8-12-10-15(13-8)11(16)14(7-17-10)9-5-3-2-4-6-9/h2-6H,7H2,1H3. The first kappa shape index (κ1) is 10.3. The van der Waals surface area contributed by atoms with Crippen LogP contribution in [0.5, 0.6) is 0 Å². The normalized spacial score (nSPS) is 14.9. The van der Waals surface area contributed by atoms with Crippen LogP contribution in [0.3, 0.4) is 0 Å². The summed E-state index contributed by atoms with van der Waals surface area (Å²) in [5.74, 6) is 1.19. The zero-order valence-corrected chi connectivity index (χ0v) is 10.0.